The second kappa shape index (κ2) is 6.18. The van der Waals surface area contributed by atoms with Gasteiger partial charge in [-0.05, 0) is 23.3 Å². The SMILES string of the molecule is FC(F)(F)c1ccccc1OCc1ccccc1CCl. The maximum atomic E-state index is 12.8. The summed E-state index contributed by atoms with van der Waals surface area (Å²) >= 11 is 5.78. The molecule has 5 heteroatoms. The smallest absolute Gasteiger partial charge is 0.419 e. The molecular weight excluding hydrogens is 289 g/mol. The minimum Gasteiger partial charge on any atom is -0.488 e. The maximum Gasteiger partial charge on any atom is 0.419 e. The van der Waals surface area contributed by atoms with E-state index >= 15 is 0 Å². The van der Waals surface area contributed by atoms with Crippen molar-refractivity contribution < 1.29 is 17.9 Å². The molecule has 0 spiro atoms. The normalized spacial score (nSPS) is 11.4. The van der Waals surface area contributed by atoms with E-state index in [2.05, 4.69) is 0 Å². The lowest BCUT2D eigenvalue weighted by molar-refractivity contribution is -0.139. The number of para-hydroxylation sites is 1. The lowest BCUT2D eigenvalue weighted by atomic mass is 10.1. The molecule has 2 aromatic rings. The summed E-state index contributed by atoms with van der Waals surface area (Å²) in [6.07, 6.45) is -4.43. The number of alkyl halides is 4. The third-order valence-corrected chi connectivity index (χ3v) is 3.13. The zero-order chi connectivity index (χ0) is 14.6. The molecule has 106 valence electrons. The van der Waals surface area contributed by atoms with Crippen LogP contribution in [0, 0.1) is 0 Å². The van der Waals surface area contributed by atoms with E-state index in [0.29, 0.717) is 5.88 Å². The van der Waals surface area contributed by atoms with Crippen LogP contribution in [0.5, 0.6) is 5.75 Å². The fourth-order valence-corrected chi connectivity index (χ4v) is 2.07. The quantitative estimate of drug-likeness (QED) is 0.720. The topological polar surface area (TPSA) is 9.23 Å². The fraction of sp³-hybridized carbons (Fsp3) is 0.200. The van der Waals surface area contributed by atoms with Gasteiger partial charge in [-0.2, -0.15) is 13.2 Å². The lowest BCUT2D eigenvalue weighted by Crippen LogP contribution is -2.09. The molecule has 0 fully saturated rings. The third-order valence-electron chi connectivity index (χ3n) is 2.84. The Hall–Kier alpha value is -1.68. The van der Waals surface area contributed by atoms with E-state index in [9.17, 15) is 13.2 Å². The van der Waals surface area contributed by atoms with Gasteiger partial charge in [-0.25, -0.2) is 0 Å². The van der Waals surface area contributed by atoms with Gasteiger partial charge >= 0.3 is 6.18 Å². The Balaban J connectivity index is 2.20. The van der Waals surface area contributed by atoms with Gasteiger partial charge in [0.2, 0.25) is 0 Å². The molecule has 0 N–H and O–H groups in total. The summed E-state index contributed by atoms with van der Waals surface area (Å²) in [4.78, 5) is 0. The number of rotatable bonds is 4. The molecule has 0 amide bonds. The third kappa shape index (κ3) is 3.45. The van der Waals surface area contributed by atoms with Gasteiger partial charge in [-0.1, -0.05) is 36.4 Å². The summed E-state index contributed by atoms with van der Waals surface area (Å²) in [6, 6.07) is 12.4. The molecule has 0 heterocycles. The predicted octanol–water partition coefficient (Wildman–Crippen LogP) is 5.02. The second-order valence-electron chi connectivity index (χ2n) is 4.18. The lowest BCUT2D eigenvalue weighted by Gasteiger charge is -2.14. The van der Waals surface area contributed by atoms with Crippen molar-refractivity contribution >= 4 is 11.6 Å². The van der Waals surface area contributed by atoms with Crippen LogP contribution in [0.2, 0.25) is 0 Å². The first-order valence-corrected chi connectivity index (χ1v) is 6.47. The van der Waals surface area contributed by atoms with E-state index < -0.39 is 11.7 Å². The van der Waals surface area contributed by atoms with E-state index in [4.69, 9.17) is 16.3 Å². The average molecular weight is 301 g/mol. The zero-order valence-corrected chi connectivity index (χ0v) is 11.2. The molecule has 0 aliphatic carbocycles. The Morgan fingerprint density at radius 2 is 1.50 bits per heavy atom. The van der Waals surface area contributed by atoms with Gasteiger partial charge in [-0.15, -0.1) is 11.6 Å². The van der Waals surface area contributed by atoms with Crippen LogP contribution in [0.25, 0.3) is 0 Å². The van der Waals surface area contributed by atoms with Crippen LogP contribution in [0.3, 0.4) is 0 Å². The van der Waals surface area contributed by atoms with Crippen molar-refractivity contribution in [2.24, 2.45) is 0 Å². The predicted molar refractivity (Wildman–Crippen MR) is 71.8 cm³/mol. The molecule has 0 saturated heterocycles. The Bertz CT molecular complexity index is 581. The van der Waals surface area contributed by atoms with Crippen molar-refractivity contribution in [3.8, 4) is 5.75 Å². The summed E-state index contributed by atoms with van der Waals surface area (Å²) in [6.45, 7) is 0.0516. The zero-order valence-electron chi connectivity index (χ0n) is 10.5. The number of benzene rings is 2. The van der Waals surface area contributed by atoms with Crippen LogP contribution in [0.1, 0.15) is 16.7 Å². The molecule has 0 aliphatic rings. The molecule has 2 aromatic carbocycles. The summed E-state index contributed by atoms with van der Waals surface area (Å²) in [5, 5.41) is 0. The van der Waals surface area contributed by atoms with Gasteiger partial charge in [-0.3, -0.25) is 0 Å². The summed E-state index contributed by atoms with van der Waals surface area (Å²) < 4.78 is 43.8. The molecule has 0 aromatic heterocycles. The molecule has 0 radical (unpaired) electrons. The van der Waals surface area contributed by atoms with Gasteiger partial charge in [0.05, 0.1) is 5.56 Å². The molecule has 0 bridgehead atoms. The highest BCUT2D eigenvalue weighted by Crippen LogP contribution is 2.36. The molecule has 0 unspecified atom stereocenters. The van der Waals surface area contributed by atoms with Crippen LogP contribution < -0.4 is 4.74 Å². The molecule has 1 nitrogen and oxygen atoms in total. The minimum atomic E-state index is -4.43. The van der Waals surface area contributed by atoms with E-state index in [1.165, 1.54) is 18.2 Å². The van der Waals surface area contributed by atoms with Gasteiger partial charge in [0.15, 0.2) is 0 Å². The molecule has 20 heavy (non-hydrogen) atoms. The number of ether oxygens (including phenoxy) is 1. The van der Waals surface area contributed by atoms with Crippen molar-refractivity contribution in [3.63, 3.8) is 0 Å². The minimum absolute atomic E-state index is 0.0516. The average Bonchev–Trinajstić information content (AvgIpc) is 2.44. The molecule has 0 atom stereocenters. The monoisotopic (exact) mass is 300 g/mol. The summed E-state index contributed by atoms with van der Waals surface area (Å²) in [5.41, 5.74) is 0.849. The summed E-state index contributed by atoms with van der Waals surface area (Å²) in [5.74, 6) is 0.116. The Kier molecular flexibility index (Phi) is 4.55. The first kappa shape index (κ1) is 14.7. The van der Waals surface area contributed by atoms with Crippen molar-refractivity contribution in [2.75, 3.05) is 0 Å². The van der Waals surface area contributed by atoms with Crippen molar-refractivity contribution in [3.05, 3.63) is 65.2 Å². The maximum absolute atomic E-state index is 12.8. The van der Waals surface area contributed by atoms with Crippen molar-refractivity contribution in [1.29, 1.82) is 0 Å². The summed E-state index contributed by atoms with van der Waals surface area (Å²) in [7, 11) is 0. The van der Waals surface area contributed by atoms with Gasteiger partial charge in [0, 0.05) is 5.88 Å². The number of halogens is 4. The van der Waals surface area contributed by atoms with Crippen molar-refractivity contribution in [2.45, 2.75) is 18.7 Å². The van der Waals surface area contributed by atoms with E-state index in [1.54, 1.807) is 12.1 Å². The first-order chi connectivity index (χ1) is 9.52. The van der Waals surface area contributed by atoms with Crippen LogP contribution in [-0.4, -0.2) is 0 Å². The van der Waals surface area contributed by atoms with Crippen LogP contribution >= 0.6 is 11.6 Å². The number of hydrogen-bond acceptors (Lipinski definition) is 1. The molecule has 0 saturated carbocycles. The number of hydrogen-bond donors (Lipinski definition) is 0. The molecule has 2 rings (SSSR count). The molecular formula is C15H12ClF3O. The van der Waals surface area contributed by atoms with Crippen LogP contribution in [0.4, 0.5) is 13.2 Å². The van der Waals surface area contributed by atoms with E-state index in [0.717, 1.165) is 17.2 Å². The highest BCUT2D eigenvalue weighted by molar-refractivity contribution is 6.17. The van der Waals surface area contributed by atoms with Crippen LogP contribution in [-0.2, 0) is 18.7 Å². The molecule has 0 aliphatic heterocycles. The first-order valence-electron chi connectivity index (χ1n) is 5.94. The fourth-order valence-electron chi connectivity index (χ4n) is 1.81. The Morgan fingerprint density at radius 3 is 2.15 bits per heavy atom. The highest BCUT2D eigenvalue weighted by atomic mass is 35.5. The Labute approximate surface area is 119 Å². The van der Waals surface area contributed by atoms with Gasteiger partial charge < -0.3 is 4.74 Å². The van der Waals surface area contributed by atoms with Crippen LogP contribution in [0.15, 0.2) is 48.5 Å². The largest absolute Gasteiger partial charge is 0.488 e. The van der Waals surface area contributed by atoms with Crippen molar-refractivity contribution in [1.82, 2.24) is 0 Å². The van der Waals surface area contributed by atoms with E-state index in [1.807, 2.05) is 12.1 Å². The standard InChI is InChI=1S/C15H12ClF3O/c16-9-11-5-1-2-6-12(11)10-20-14-8-4-3-7-13(14)15(17,18)19/h1-8H,9-10H2. The second-order valence-corrected chi connectivity index (χ2v) is 4.45. The van der Waals surface area contributed by atoms with Gasteiger partial charge in [0.1, 0.15) is 12.4 Å². The van der Waals surface area contributed by atoms with Gasteiger partial charge in [0.25, 0.3) is 0 Å². The highest BCUT2D eigenvalue weighted by Gasteiger charge is 2.33. The Morgan fingerprint density at radius 1 is 0.900 bits per heavy atom. The van der Waals surface area contributed by atoms with E-state index in [-0.39, 0.29) is 12.4 Å².